The molecule has 166 valence electrons. The number of likely N-dealkylation sites (tertiary alicyclic amines) is 1. The predicted molar refractivity (Wildman–Crippen MR) is 131 cm³/mol. The summed E-state index contributed by atoms with van der Waals surface area (Å²) < 4.78 is 6.10. The van der Waals surface area contributed by atoms with Crippen LogP contribution in [-0.4, -0.2) is 36.7 Å². The van der Waals surface area contributed by atoms with Gasteiger partial charge < -0.3 is 10.1 Å². The van der Waals surface area contributed by atoms with Crippen molar-refractivity contribution in [3.8, 4) is 0 Å². The zero-order chi connectivity index (χ0) is 22.4. The second-order valence-corrected chi connectivity index (χ2v) is 9.75. The van der Waals surface area contributed by atoms with Crippen molar-refractivity contribution in [1.82, 2.24) is 10.2 Å². The number of hydrogen-bond donors (Lipinski definition) is 1. The van der Waals surface area contributed by atoms with Gasteiger partial charge in [-0.2, -0.15) is 0 Å². The molecule has 0 bridgehead atoms. The molecule has 1 aliphatic heterocycles. The lowest BCUT2D eigenvalue weighted by atomic mass is 9.90. The molecule has 2 fully saturated rings. The van der Waals surface area contributed by atoms with Crippen LogP contribution in [0.4, 0.5) is 0 Å². The van der Waals surface area contributed by atoms with Crippen molar-refractivity contribution in [1.29, 1.82) is 0 Å². The van der Waals surface area contributed by atoms with E-state index in [4.69, 9.17) is 4.74 Å². The van der Waals surface area contributed by atoms with Crippen LogP contribution in [0.3, 0.4) is 0 Å². The second kappa shape index (κ2) is 10.2. The van der Waals surface area contributed by atoms with Crippen LogP contribution in [0.2, 0.25) is 0 Å². The Hall–Kier alpha value is -2.44. The van der Waals surface area contributed by atoms with Crippen LogP contribution in [0.5, 0.6) is 0 Å². The molecular weight excluding hydrogens is 380 g/mol. The van der Waals surface area contributed by atoms with Crippen molar-refractivity contribution in [2.24, 2.45) is 5.41 Å². The summed E-state index contributed by atoms with van der Waals surface area (Å²) in [6, 6.07) is 1.10. The quantitative estimate of drug-likeness (QED) is 0.254. The first-order valence-electron chi connectivity index (χ1n) is 11.5. The summed E-state index contributed by atoms with van der Waals surface area (Å²) in [6.07, 6.45) is 14.7. The van der Waals surface area contributed by atoms with Crippen LogP contribution < -0.4 is 5.32 Å². The third-order valence-electron chi connectivity index (χ3n) is 6.23. The van der Waals surface area contributed by atoms with Gasteiger partial charge in [-0.05, 0) is 87.8 Å². The second-order valence-electron chi connectivity index (χ2n) is 9.75. The van der Waals surface area contributed by atoms with Gasteiger partial charge in [-0.3, -0.25) is 4.90 Å². The lowest BCUT2D eigenvalue weighted by Crippen LogP contribution is -2.66. The van der Waals surface area contributed by atoms with Gasteiger partial charge in [0.2, 0.25) is 0 Å². The van der Waals surface area contributed by atoms with E-state index in [-0.39, 0.29) is 0 Å². The van der Waals surface area contributed by atoms with Crippen molar-refractivity contribution in [3.63, 3.8) is 0 Å². The SMILES string of the molecule is C=C(C)C=C=CC1=C=CC=C(OCCCC2C(NC(=C)C)CN2CC2(C)CC2)C=C1C. The van der Waals surface area contributed by atoms with Crippen molar-refractivity contribution < 1.29 is 4.74 Å². The Labute approximate surface area is 188 Å². The molecule has 3 rings (SSSR count). The molecule has 0 amide bonds. The molecule has 2 atom stereocenters. The average Bonchev–Trinajstić information content (AvgIpc) is 3.43. The molecule has 3 heteroatoms. The molecule has 0 spiro atoms. The normalized spacial score (nSPS) is 23.8. The van der Waals surface area contributed by atoms with Crippen molar-refractivity contribution in [2.75, 3.05) is 19.7 Å². The summed E-state index contributed by atoms with van der Waals surface area (Å²) in [6.45, 7) is 19.5. The molecule has 3 aliphatic rings. The number of allylic oxidation sites excluding steroid dienone is 7. The molecule has 3 nitrogen and oxygen atoms in total. The minimum atomic E-state index is 0.521. The lowest BCUT2D eigenvalue weighted by Gasteiger charge is -2.50. The Morgan fingerprint density at radius 3 is 2.84 bits per heavy atom. The first-order valence-corrected chi connectivity index (χ1v) is 11.5. The summed E-state index contributed by atoms with van der Waals surface area (Å²) in [5.41, 5.74) is 11.2. The first-order chi connectivity index (χ1) is 14.8. The summed E-state index contributed by atoms with van der Waals surface area (Å²) in [5.74, 6) is 0.893. The van der Waals surface area contributed by atoms with Gasteiger partial charge in [0.25, 0.3) is 0 Å². The molecule has 0 aromatic rings. The van der Waals surface area contributed by atoms with E-state index in [0.717, 1.165) is 54.2 Å². The zero-order valence-corrected chi connectivity index (χ0v) is 19.8. The summed E-state index contributed by atoms with van der Waals surface area (Å²) >= 11 is 0. The maximum absolute atomic E-state index is 6.10. The van der Waals surface area contributed by atoms with E-state index in [1.165, 1.54) is 19.4 Å². The standard InChI is InChI=1S/C28H38N2O/c1-21(2)10-7-11-24-12-8-13-25(18-23(24)5)31-17-9-14-27-26(29-22(3)4)19-30(27)20-28(6)15-16-28/h8,10-11,13,18,26-27,29H,1,3,9,14-17,19-20H2,2,4-6H3. The molecule has 1 saturated heterocycles. The highest BCUT2D eigenvalue weighted by Crippen LogP contribution is 2.47. The summed E-state index contributed by atoms with van der Waals surface area (Å²) in [5, 5.41) is 3.57. The third-order valence-corrected chi connectivity index (χ3v) is 6.23. The van der Waals surface area contributed by atoms with E-state index in [1.54, 1.807) is 0 Å². The van der Waals surface area contributed by atoms with Gasteiger partial charge in [0.15, 0.2) is 0 Å². The highest BCUT2D eigenvalue weighted by atomic mass is 16.5. The van der Waals surface area contributed by atoms with Gasteiger partial charge in [0.1, 0.15) is 5.76 Å². The fraction of sp³-hybridized carbons (Fsp3) is 0.500. The minimum Gasteiger partial charge on any atom is -0.494 e. The highest BCUT2D eigenvalue weighted by molar-refractivity contribution is 5.44. The van der Waals surface area contributed by atoms with Crippen molar-refractivity contribution >= 4 is 0 Å². The zero-order valence-electron chi connectivity index (χ0n) is 19.8. The van der Waals surface area contributed by atoms with E-state index in [9.17, 15) is 0 Å². The van der Waals surface area contributed by atoms with E-state index in [1.807, 2.05) is 31.2 Å². The topological polar surface area (TPSA) is 24.5 Å². The van der Waals surface area contributed by atoms with Gasteiger partial charge in [0.05, 0.1) is 12.6 Å². The molecule has 31 heavy (non-hydrogen) atoms. The summed E-state index contributed by atoms with van der Waals surface area (Å²) in [4.78, 5) is 2.66. The Morgan fingerprint density at radius 1 is 1.39 bits per heavy atom. The molecular formula is C28H38N2O. The van der Waals surface area contributed by atoms with Gasteiger partial charge >= 0.3 is 0 Å². The Balaban J connectivity index is 1.48. The molecule has 0 radical (unpaired) electrons. The maximum atomic E-state index is 6.10. The molecule has 0 aromatic carbocycles. The first kappa shape index (κ1) is 23.2. The largest absolute Gasteiger partial charge is 0.494 e. The van der Waals surface area contributed by atoms with Crippen LogP contribution in [0.1, 0.15) is 53.4 Å². The average molecular weight is 419 g/mol. The van der Waals surface area contributed by atoms with E-state index in [0.29, 0.717) is 17.5 Å². The smallest absolute Gasteiger partial charge is 0.120 e. The van der Waals surface area contributed by atoms with Crippen LogP contribution in [0.15, 0.2) is 83.2 Å². The monoisotopic (exact) mass is 418 g/mol. The number of nitrogens with zero attached hydrogens (tertiary/aromatic N) is 1. The van der Waals surface area contributed by atoms with Gasteiger partial charge in [-0.1, -0.05) is 25.7 Å². The summed E-state index contributed by atoms with van der Waals surface area (Å²) in [7, 11) is 0. The van der Waals surface area contributed by atoms with Gasteiger partial charge in [-0.25, -0.2) is 0 Å². The van der Waals surface area contributed by atoms with Gasteiger partial charge in [-0.15, -0.1) is 11.5 Å². The maximum Gasteiger partial charge on any atom is 0.120 e. The van der Waals surface area contributed by atoms with E-state index >= 15 is 0 Å². The fourth-order valence-corrected chi connectivity index (χ4v) is 4.17. The predicted octanol–water partition coefficient (Wildman–Crippen LogP) is 5.97. The minimum absolute atomic E-state index is 0.521. The number of rotatable bonds is 11. The van der Waals surface area contributed by atoms with E-state index < -0.39 is 0 Å². The number of ether oxygens (including phenoxy) is 1. The van der Waals surface area contributed by atoms with Crippen molar-refractivity contribution in [2.45, 2.75) is 65.5 Å². The Kier molecular flexibility index (Phi) is 7.68. The molecule has 1 saturated carbocycles. The molecule has 2 unspecified atom stereocenters. The van der Waals surface area contributed by atoms with Gasteiger partial charge in [0, 0.05) is 30.4 Å². The van der Waals surface area contributed by atoms with Crippen LogP contribution in [0, 0.1) is 5.41 Å². The Morgan fingerprint density at radius 2 is 2.16 bits per heavy atom. The fourth-order valence-electron chi connectivity index (χ4n) is 4.17. The number of hydrogen-bond acceptors (Lipinski definition) is 3. The van der Waals surface area contributed by atoms with Crippen LogP contribution in [-0.2, 0) is 4.74 Å². The van der Waals surface area contributed by atoms with E-state index in [2.05, 4.69) is 61.7 Å². The molecule has 1 heterocycles. The third kappa shape index (κ3) is 7.04. The molecule has 1 N–H and O–H groups in total. The van der Waals surface area contributed by atoms with Crippen LogP contribution in [0.25, 0.3) is 0 Å². The Bertz CT molecular complexity index is 899. The lowest BCUT2D eigenvalue weighted by molar-refractivity contribution is 0.0209. The molecule has 0 aromatic heterocycles. The molecule has 2 aliphatic carbocycles. The highest BCUT2D eigenvalue weighted by Gasteiger charge is 2.45. The number of nitrogens with one attached hydrogen (secondary N) is 1. The van der Waals surface area contributed by atoms with Crippen molar-refractivity contribution in [3.05, 3.63) is 83.2 Å². The van der Waals surface area contributed by atoms with Crippen LogP contribution >= 0.6 is 0 Å².